The lowest BCUT2D eigenvalue weighted by molar-refractivity contribution is 0.151. The minimum absolute atomic E-state index is 0.0596. The van der Waals surface area contributed by atoms with E-state index in [2.05, 4.69) is 20.9 Å². The first kappa shape index (κ1) is 9.18. The Hall–Kier alpha value is -0.910. The van der Waals surface area contributed by atoms with Crippen LogP contribution in [0.25, 0.3) is 0 Å². The second kappa shape index (κ2) is 3.22. The van der Waals surface area contributed by atoms with E-state index in [1.165, 1.54) is 0 Å². The number of alkyl halides is 2. The molecule has 0 fully saturated rings. The highest BCUT2D eigenvalue weighted by molar-refractivity contribution is 9.10. The maximum atomic E-state index is 12.1. The Morgan fingerprint density at radius 3 is 2.67 bits per heavy atom. The Morgan fingerprint density at radius 1 is 1.58 bits per heavy atom. The molecule has 3 N–H and O–H groups in total. The van der Waals surface area contributed by atoms with Crippen molar-refractivity contribution in [3.05, 3.63) is 16.4 Å². The summed E-state index contributed by atoms with van der Waals surface area (Å²) >= 11 is 2.84. The molecule has 0 spiro atoms. The maximum absolute atomic E-state index is 12.1. The van der Waals surface area contributed by atoms with E-state index in [4.69, 9.17) is 10.8 Å². The van der Waals surface area contributed by atoms with Crippen LogP contribution in [0.15, 0.2) is 10.8 Å². The largest absolute Gasteiger partial charge is 0.504 e. The molecule has 1 aromatic heterocycles. The number of hydrogen-bond acceptors (Lipinski definition) is 3. The summed E-state index contributed by atoms with van der Waals surface area (Å²) in [7, 11) is 0. The minimum atomic E-state index is -2.73. The van der Waals surface area contributed by atoms with Gasteiger partial charge in [-0.05, 0) is 15.9 Å². The number of rotatable bonds is 1. The summed E-state index contributed by atoms with van der Waals surface area (Å²) in [5, 5.41) is 9.07. The van der Waals surface area contributed by atoms with Gasteiger partial charge in [0.15, 0.2) is 5.75 Å². The van der Waals surface area contributed by atoms with E-state index in [0.717, 1.165) is 6.20 Å². The van der Waals surface area contributed by atoms with Gasteiger partial charge < -0.3 is 10.8 Å². The molecule has 12 heavy (non-hydrogen) atoms. The number of halogens is 3. The molecule has 0 aliphatic rings. The van der Waals surface area contributed by atoms with Gasteiger partial charge in [-0.25, -0.2) is 13.8 Å². The van der Waals surface area contributed by atoms with Crippen molar-refractivity contribution in [3.63, 3.8) is 0 Å². The summed E-state index contributed by atoms with van der Waals surface area (Å²) in [5.74, 6) is -0.451. The number of hydrogen-bond donors (Lipinski definition) is 2. The molecule has 0 aliphatic carbocycles. The molecule has 1 rings (SSSR count). The van der Waals surface area contributed by atoms with Crippen LogP contribution in [0, 0.1) is 0 Å². The zero-order valence-corrected chi connectivity index (χ0v) is 7.35. The second-order valence-corrected chi connectivity index (χ2v) is 2.82. The summed E-state index contributed by atoms with van der Waals surface area (Å²) < 4.78 is 24.2. The Kier molecular flexibility index (Phi) is 2.46. The van der Waals surface area contributed by atoms with E-state index < -0.39 is 17.7 Å². The normalized spacial score (nSPS) is 10.7. The third kappa shape index (κ3) is 1.47. The molecule has 66 valence electrons. The van der Waals surface area contributed by atoms with Crippen LogP contribution in [-0.4, -0.2) is 10.1 Å². The quantitative estimate of drug-likeness (QED) is 0.737. The molecule has 0 saturated heterocycles. The fourth-order valence-corrected chi connectivity index (χ4v) is 0.995. The first-order valence-corrected chi connectivity index (χ1v) is 3.74. The van der Waals surface area contributed by atoms with E-state index >= 15 is 0 Å². The lowest BCUT2D eigenvalue weighted by Crippen LogP contribution is -1.97. The predicted molar refractivity (Wildman–Crippen MR) is 43.0 cm³/mol. The summed E-state index contributed by atoms with van der Waals surface area (Å²) in [4.78, 5) is 3.47. The van der Waals surface area contributed by atoms with Crippen molar-refractivity contribution in [2.75, 3.05) is 5.73 Å². The molecule has 0 atom stereocenters. The van der Waals surface area contributed by atoms with Crippen molar-refractivity contribution in [1.29, 1.82) is 0 Å². The summed E-state index contributed by atoms with van der Waals surface area (Å²) in [5.41, 5.74) is 4.38. The molecule has 0 unspecified atom stereocenters. The molecule has 0 saturated carbocycles. The number of nitrogen functional groups attached to an aromatic ring is 1. The lowest BCUT2D eigenvalue weighted by Gasteiger charge is -2.06. The molecular formula is C6H5BrF2N2O. The fourth-order valence-electron chi connectivity index (χ4n) is 0.679. The highest BCUT2D eigenvalue weighted by Crippen LogP contribution is 2.34. The van der Waals surface area contributed by atoms with Gasteiger partial charge in [0.05, 0.1) is 11.3 Å². The number of nitrogens with two attached hydrogens (primary N) is 1. The van der Waals surface area contributed by atoms with Gasteiger partial charge >= 0.3 is 0 Å². The monoisotopic (exact) mass is 238 g/mol. The standard InChI is InChI=1S/C6H5BrF2N2O/c7-5-4(12)3(10)2(1-11-5)6(8)9/h1,6,12H,(H2,10,11). The van der Waals surface area contributed by atoms with Crippen LogP contribution < -0.4 is 5.73 Å². The Bertz CT molecular complexity index is 306. The second-order valence-electron chi connectivity index (χ2n) is 2.07. The highest BCUT2D eigenvalue weighted by atomic mass is 79.9. The number of aromatic nitrogens is 1. The third-order valence-corrected chi connectivity index (χ3v) is 1.89. The lowest BCUT2D eigenvalue weighted by atomic mass is 10.2. The average molecular weight is 239 g/mol. The van der Waals surface area contributed by atoms with Gasteiger partial charge in [-0.1, -0.05) is 0 Å². The number of anilines is 1. The van der Waals surface area contributed by atoms with Crippen LogP contribution in [0.4, 0.5) is 14.5 Å². The fraction of sp³-hybridized carbons (Fsp3) is 0.167. The summed E-state index contributed by atoms with van der Waals surface area (Å²) in [6.07, 6.45) is -1.81. The Balaban J connectivity index is 3.27. The molecule has 0 aliphatic heterocycles. The van der Waals surface area contributed by atoms with Gasteiger partial charge in [-0.15, -0.1) is 0 Å². The SMILES string of the molecule is Nc1c(C(F)F)cnc(Br)c1O. The number of nitrogens with zero attached hydrogens (tertiary/aromatic N) is 1. The zero-order chi connectivity index (χ0) is 9.30. The van der Waals surface area contributed by atoms with Gasteiger partial charge in [0.1, 0.15) is 4.60 Å². The van der Waals surface area contributed by atoms with Crippen LogP contribution in [-0.2, 0) is 0 Å². The number of aromatic hydroxyl groups is 1. The summed E-state index contributed by atoms with van der Waals surface area (Å²) in [6.45, 7) is 0. The molecule has 1 heterocycles. The van der Waals surface area contributed by atoms with Gasteiger partial charge in [0.25, 0.3) is 6.43 Å². The zero-order valence-electron chi connectivity index (χ0n) is 5.76. The molecule has 0 radical (unpaired) electrons. The van der Waals surface area contributed by atoms with Crippen LogP contribution in [0.1, 0.15) is 12.0 Å². The summed E-state index contributed by atoms with van der Waals surface area (Å²) in [6, 6.07) is 0. The van der Waals surface area contributed by atoms with Crippen molar-refractivity contribution in [2.45, 2.75) is 6.43 Å². The van der Waals surface area contributed by atoms with Gasteiger partial charge in [0.2, 0.25) is 0 Å². The maximum Gasteiger partial charge on any atom is 0.267 e. The van der Waals surface area contributed by atoms with E-state index in [9.17, 15) is 8.78 Å². The topological polar surface area (TPSA) is 59.1 Å². The van der Waals surface area contributed by atoms with Gasteiger partial charge in [-0.3, -0.25) is 0 Å². The van der Waals surface area contributed by atoms with Gasteiger partial charge in [-0.2, -0.15) is 0 Å². The van der Waals surface area contributed by atoms with Crippen LogP contribution in [0.2, 0.25) is 0 Å². The highest BCUT2D eigenvalue weighted by Gasteiger charge is 2.16. The van der Waals surface area contributed by atoms with Crippen molar-refractivity contribution in [3.8, 4) is 5.75 Å². The van der Waals surface area contributed by atoms with Crippen molar-refractivity contribution in [2.24, 2.45) is 0 Å². The molecule has 0 amide bonds. The Labute approximate surface area is 75.3 Å². The van der Waals surface area contributed by atoms with Crippen LogP contribution in [0.5, 0.6) is 5.75 Å². The first-order chi connectivity index (χ1) is 5.54. The van der Waals surface area contributed by atoms with E-state index in [-0.39, 0.29) is 10.3 Å². The molecule has 0 bridgehead atoms. The van der Waals surface area contributed by atoms with E-state index in [1.54, 1.807) is 0 Å². The molecule has 3 nitrogen and oxygen atoms in total. The van der Waals surface area contributed by atoms with E-state index in [0.29, 0.717) is 0 Å². The van der Waals surface area contributed by atoms with Crippen LogP contribution >= 0.6 is 15.9 Å². The minimum Gasteiger partial charge on any atom is -0.504 e. The van der Waals surface area contributed by atoms with Gasteiger partial charge in [0, 0.05) is 6.20 Å². The van der Waals surface area contributed by atoms with Crippen molar-refractivity contribution in [1.82, 2.24) is 4.98 Å². The molecule has 1 aromatic rings. The molecule has 6 heteroatoms. The van der Waals surface area contributed by atoms with E-state index in [1.807, 2.05) is 0 Å². The first-order valence-electron chi connectivity index (χ1n) is 2.95. The number of pyridine rings is 1. The van der Waals surface area contributed by atoms with Crippen molar-refractivity contribution < 1.29 is 13.9 Å². The third-order valence-electron chi connectivity index (χ3n) is 1.31. The van der Waals surface area contributed by atoms with Crippen molar-refractivity contribution >= 4 is 21.6 Å². The molecular weight excluding hydrogens is 234 g/mol. The molecule has 0 aromatic carbocycles. The smallest absolute Gasteiger partial charge is 0.267 e. The Morgan fingerprint density at radius 2 is 2.17 bits per heavy atom. The average Bonchev–Trinajstić information content (AvgIpc) is 2.00. The predicted octanol–water partition coefficient (Wildman–Crippen LogP) is 2.07. The van der Waals surface area contributed by atoms with Crippen LogP contribution in [0.3, 0.4) is 0 Å².